The third kappa shape index (κ3) is 3.11. The molecule has 0 saturated heterocycles. The van der Waals surface area contributed by atoms with Crippen molar-refractivity contribution in [3.05, 3.63) is 71.7 Å². The Morgan fingerprint density at radius 2 is 2.12 bits per heavy atom. The highest BCUT2D eigenvalue weighted by atomic mass is 16.5. The number of aromatic nitrogens is 4. The minimum Gasteiger partial charge on any atom is -0.494 e. The first kappa shape index (κ1) is 19.3. The van der Waals surface area contributed by atoms with E-state index >= 15 is 0 Å². The topological polar surface area (TPSA) is 119 Å². The van der Waals surface area contributed by atoms with Crippen molar-refractivity contribution < 1.29 is 13.9 Å². The largest absolute Gasteiger partial charge is 0.494 e. The van der Waals surface area contributed by atoms with Gasteiger partial charge in [-0.2, -0.15) is 15.0 Å². The molecule has 9 heteroatoms. The number of carbonyl (C=O) groups is 1. The second kappa shape index (κ2) is 7.52. The van der Waals surface area contributed by atoms with E-state index in [9.17, 15) is 10.1 Å². The van der Waals surface area contributed by atoms with E-state index in [0.717, 1.165) is 10.9 Å². The van der Waals surface area contributed by atoms with Gasteiger partial charge < -0.3 is 14.5 Å². The molecule has 2 aromatic carbocycles. The van der Waals surface area contributed by atoms with Gasteiger partial charge in [0.15, 0.2) is 23.6 Å². The smallest absolute Gasteiger partial charge is 0.256 e. The molecule has 0 radical (unpaired) electrons. The summed E-state index contributed by atoms with van der Waals surface area (Å²) in [6.45, 7) is 1.95. The maximum absolute atomic E-state index is 12.9. The van der Waals surface area contributed by atoms with Crippen molar-refractivity contribution in [3.63, 3.8) is 0 Å². The second-order valence-corrected chi connectivity index (χ2v) is 7.07. The average Bonchev–Trinajstić information content (AvgIpc) is 3.44. The van der Waals surface area contributed by atoms with Crippen LogP contribution in [0, 0.1) is 18.3 Å². The lowest BCUT2D eigenvalue weighted by molar-refractivity contribution is 0.102. The lowest BCUT2D eigenvalue weighted by Gasteiger charge is -2.12. The van der Waals surface area contributed by atoms with Crippen LogP contribution in [0.5, 0.6) is 5.75 Å². The molecule has 0 atom stereocenters. The molecule has 0 spiro atoms. The third-order valence-corrected chi connectivity index (χ3v) is 5.15. The summed E-state index contributed by atoms with van der Waals surface area (Å²) in [5, 5.41) is 17.6. The van der Waals surface area contributed by atoms with Gasteiger partial charge in [-0.15, -0.1) is 0 Å². The summed E-state index contributed by atoms with van der Waals surface area (Å²) in [6.07, 6.45) is 2.71. The molecular weight excluding hydrogens is 408 g/mol. The number of rotatable bonds is 4. The number of ether oxygens (including phenoxy) is 1. The zero-order chi connectivity index (χ0) is 22.2. The quantitative estimate of drug-likeness (QED) is 0.463. The fourth-order valence-corrected chi connectivity index (χ4v) is 3.55. The van der Waals surface area contributed by atoms with Crippen molar-refractivity contribution >= 4 is 33.7 Å². The van der Waals surface area contributed by atoms with Crippen LogP contribution in [0.2, 0.25) is 0 Å². The van der Waals surface area contributed by atoms with Crippen LogP contribution in [-0.4, -0.2) is 32.8 Å². The highest BCUT2D eigenvalue weighted by Crippen LogP contribution is 2.29. The molecular formula is C23H16N6O3. The predicted molar refractivity (Wildman–Crippen MR) is 117 cm³/mol. The summed E-state index contributed by atoms with van der Waals surface area (Å²) in [4.78, 5) is 21.7. The SMILES string of the molecule is COc1cccc2c(C)cc(-n3ncc(C#N)c3NC(=O)c3ccc4ocnc4c3)nc12. The van der Waals surface area contributed by atoms with Crippen molar-refractivity contribution in [2.24, 2.45) is 0 Å². The molecule has 9 nitrogen and oxygen atoms in total. The summed E-state index contributed by atoms with van der Waals surface area (Å²) in [5.74, 6) is 0.872. The Morgan fingerprint density at radius 1 is 1.25 bits per heavy atom. The Balaban J connectivity index is 1.59. The number of amides is 1. The second-order valence-electron chi connectivity index (χ2n) is 7.07. The van der Waals surface area contributed by atoms with Crippen molar-refractivity contribution in [1.29, 1.82) is 5.26 Å². The van der Waals surface area contributed by atoms with Crippen molar-refractivity contribution in [3.8, 4) is 17.6 Å². The Morgan fingerprint density at radius 3 is 2.94 bits per heavy atom. The number of fused-ring (bicyclic) bond motifs is 2. The first-order valence-electron chi connectivity index (χ1n) is 9.66. The molecule has 32 heavy (non-hydrogen) atoms. The summed E-state index contributed by atoms with van der Waals surface area (Å²) in [6, 6.07) is 14.5. The molecule has 3 heterocycles. The van der Waals surface area contributed by atoms with Gasteiger partial charge in [-0.1, -0.05) is 12.1 Å². The van der Waals surface area contributed by atoms with Gasteiger partial charge in [-0.25, -0.2) is 9.97 Å². The Bertz CT molecular complexity index is 1540. The molecule has 0 aliphatic heterocycles. The van der Waals surface area contributed by atoms with E-state index in [1.165, 1.54) is 17.3 Å². The number of aryl methyl sites for hydroxylation is 1. The van der Waals surface area contributed by atoms with E-state index < -0.39 is 5.91 Å². The zero-order valence-electron chi connectivity index (χ0n) is 17.2. The van der Waals surface area contributed by atoms with Crippen molar-refractivity contribution in [1.82, 2.24) is 19.7 Å². The number of carbonyl (C=O) groups excluding carboxylic acids is 1. The summed E-state index contributed by atoms with van der Waals surface area (Å²) >= 11 is 0. The van der Waals surface area contributed by atoms with Gasteiger partial charge in [-0.05, 0) is 42.8 Å². The molecule has 156 valence electrons. The molecule has 0 fully saturated rings. The standard InChI is InChI=1S/C23H16N6O3/c1-13-8-20(27-21-16(13)4-3-5-19(21)31-2)29-22(15(10-24)11-26-29)28-23(30)14-6-7-18-17(9-14)25-12-32-18/h3-9,11-12H,1-2H3,(H,28,30). The van der Waals surface area contributed by atoms with Gasteiger partial charge in [0.1, 0.15) is 28.4 Å². The number of benzene rings is 2. The summed E-state index contributed by atoms with van der Waals surface area (Å²) < 4.78 is 12.1. The number of anilines is 1. The van der Waals surface area contributed by atoms with Gasteiger partial charge in [-0.3, -0.25) is 4.79 Å². The van der Waals surface area contributed by atoms with Gasteiger partial charge in [0.05, 0.1) is 13.3 Å². The Hall–Kier alpha value is -4.71. The molecule has 0 saturated carbocycles. The Labute approximate surface area is 181 Å². The van der Waals surface area contributed by atoms with Crippen molar-refractivity contribution in [2.75, 3.05) is 12.4 Å². The van der Waals surface area contributed by atoms with Crippen molar-refractivity contribution in [2.45, 2.75) is 6.92 Å². The molecule has 0 aliphatic carbocycles. The van der Waals surface area contributed by atoms with Gasteiger partial charge in [0, 0.05) is 10.9 Å². The molecule has 0 aliphatic rings. The number of pyridine rings is 1. The van der Waals surface area contributed by atoms with E-state index in [2.05, 4.69) is 21.5 Å². The lowest BCUT2D eigenvalue weighted by Crippen LogP contribution is -2.16. The third-order valence-electron chi connectivity index (χ3n) is 5.15. The number of methoxy groups -OCH3 is 1. The van der Waals surface area contributed by atoms with Crippen LogP contribution in [0.3, 0.4) is 0 Å². The zero-order valence-corrected chi connectivity index (χ0v) is 17.2. The summed E-state index contributed by atoms with van der Waals surface area (Å²) in [7, 11) is 1.58. The van der Waals surface area contributed by atoms with Crippen LogP contribution in [0.25, 0.3) is 27.8 Å². The number of nitrogens with one attached hydrogen (secondary N) is 1. The first-order chi connectivity index (χ1) is 15.6. The fourth-order valence-electron chi connectivity index (χ4n) is 3.55. The van der Waals surface area contributed by atoms with E-state index in [0.29, 0.717) is 33.7 Å². The molecule has 5 rings (SSSR count). The predicted octanol–water partition coefficient (Wildman–Crippen LogP) is 4.00. The molecule has 3 aromatic heterocycles. The first-order valence-corrected chi connectivity index (χ1v) is 9.66. The lowest BCUT2D eigenvalue weighted by atomic mass is 10.1. The van der Waals surface area contributed by atoms with E-state index in [1.807, 2.05) is 31.2 Å². The average molecular weight is 424 g/mol. The number of nitrogens with zero attached hydrogens (tertiary/aromatic N) is 5. The number of hydrogen-bond donors (Lipinski definition) is 1. The van der Waals surface area contributed by atoms with Gasteiger partial charge >= 0.3 is 0 Å². The Kier molecular flexibility index (Phi) is 4.53. The van der Waals surface area contributed by atoms with Gasteiger partial charge in [0.2, 0.25) is 0 Å². The van der Waals surface area contributed by atoms with Gasteiger partial charge in [0.25, 0.3) is 5.91 Å². The molecule has 0 unspecified atom stereocenters. The molecule has 1 amide bonds. The minimum atomic E-state index is -0.414. The van der Waals surface area contributed by atoms with E-state index in [1.54, 1.807) is 25.3 Å². The van der Waals surface area contributed by atoms with E-state index in [-0.39, 0.29) is 11.4 Å². The number of para-hydroxylation sites is 1. The maximum Gasteiger partial charge on any atom is 0.256 e. The van der Waals surface area contributed by atoms with Crippen LogP contribution >= 0.6 is 0 Å². The van der Waals surface area contributed by atoms with Crippen LogP contribution < -0.4 is 10.1 Å². The van der Waals surface area contributed by atoms with E-state index in [4.69, 9.17) is 14.1 Å². The maximum atomic E-state index is 12.9. The number of oxazole rings is 1. The van der Waals surface area contributed by atoms with Crippen LogP contribution in [-0.2, 0) is 0 Å². The number of nitriles is 1. The molecule has 0 bridgehead atoms. The fraction of sp³-hybridized carbons (Fsp3) is 0.0870. The monoisotopic (exact) mass is 424 g/mol. The molecule has 5 aromatic rings. The summed E-state index contributed by atoms with van der Waals surface area (Å²) in [5.41, 5.74) is 3.33. The number of hydrogen-bond acceptors (Lipinski definition) is 7. The molecule has 1 N–H and O–H groups in total. The normalized spacial score (nSPS) is 10.9. The highest BCUT2D eigenvalue weighted by molar-refractivity contribution is 6.06. The van der Waals surface area contributed by atoms with Crippen LogP contribution in [0.15, 0.2) is 59.5 Å². The minimum absolute atomic E-state index is 0.209. The van der Waals surface area contributed by atoms with Crippen LogP contribution in [0.1, 0.15) is 21.5 Å². The van der Waals surface area contributed by atoms with Crippen LogP contribution in [0.4, 0.5) is 5.82 Å². The highest BCUT2D eigenvalue weighted by Gasteiger charge is 2.19.